The highest BCUT2D eigenvalue weighted by Gasteiger charge is 2.24. The molecule has 1 amide bonds. The molecule has 186 valence electrons. The summed E-state index contributed by atoms with van der Waals surface area (Å²) in [5, 5.41) is 2.90. The predicted octanol–water partition coefficient (Wildman–Crippen LogP) is 6.20. The van der Waals surface area contributed by atoms with Crippen molar-refractivity contribution in [3.63, 3.8) is 0 Å². The van der Waals surface area contributed by atoms with E-state index in [9.17, 15) is 14.4 Å². The van der Waals surface area contributed by atoms with Gasteiger partial charge in [0.25, 0.3) is 0 Å². The normalized spacial score (nSPS) is 12.3. The van der Waals surface area contributed by atoms with Crippen LogP contribution in [0.4, 0.5) is 4.79 Å². The average Bonchev–Trinajstić information content (AvgIpc) is 2.65. The van der Waals surface area contributed by atoms with Crippen molar-refractivity contribution in [3.05, 3.63) is 29.3 Å². The summed E-state index contributed by atoms with van der Waals surface area (Å²) >= 11 is 2.56. The molecule has 0 atom stereocenters. The van der Waals surface area contributed by atoms with Crippen LogP contribution in [0.5, 0.6) is 5.75 Å². The summed E-state index contributed by atoms with van der Waals surface area (Å²) in [5.41, 5.74) is 0.579. The summed E-state index contributed by atoms with van der Waals surface area (Å²) in [6.45, 7) is 17.4. The molecule has 33 heavy (non-hydrogen) atoms. The van der Waals surface area contributed by atoms with E-state index in [1.54, 1.807) is 0 Å². The van der Waals surface area contributed by atoms with Gasteiger partial charge in [-0.15, -0.1) is 0 Å². The summed E-state index contributed by atoms with van der Waals surface area (Å²) in [6, 6.07) is 5.70. The Morgan fingerprint density at radius 3 is 1.82 bits per heavy atom. The van der Waals surface area contributed by atoms with Crippen LogP contribution in [0.1, 0.15) is 73.4 Å². The maximum absolute atomic E-state index is 12.4. The topological polar surface area (TPSA) is 81.7 Å². The number of ether oxygens (including phenoxy) is 2. The van der Waals surface area contributed by atoms with E-state index in [4.69, 9.17) is 9.47 Å². The third-order valence-corrected chi connectivity index (χ3v) is 6.82. The molecule has 0 saturated carbocycles. The van der Waals surface area contributed by atoms with Gasteiger partial charge in [0.1, 0.15) is 18.0 Å². The average molecular weight is 498 g/mol. The van der Waals surface area contributed by atoms with Crippen LogP contribution in [0.2, 0.25) is 0 Å². The summed E-state index contributed by atoms with van der Waals surface area (Å²) in [4.78, 5) is 36.5. The van der Waals surface area contributed by atoms with Crippen LogP contribution in [0.15, 0.2) is 18.2 Å². The molecular formula is C25H39NO5S2. The minimum Gasteiger partial charge on any atom is -0.492 e. The number of nitrogens with one attached hydrogen (secondary N) is 1. The first-order valence-electron chi connectivity index (χ1n) is 11.0. The maximum atomic E-state index is 12.4. The molecule has 0 heterocycles. The first-order chi connectivity index (χ1) is 15.0. The molecule has 1 aromatic carbocycles. The summed E-state index contributed by atoms with van der Waals surface area (Å²) < 4.78 is 11.0. The fourth-order valence-corrected chi connectivity index (χ4v) is 4.31. The predicted molar refractivity (Wildman–Crippen MR) is 138 cm³/mol. The maximum Gasteiger partial charge on any atom is 0.407 e. The highest BCUT2D eigenvalue weighted by Crippen LogP contribution is 2.32. The van der Waals surface area contributed by atoms with Crippen molar-refractivity contribution < 1.29 is 23.9 Å². The fourth-order valence-electron chi connectivity index (χ4n) is 2.32. The van der Waals surface area contributed by atoms with Gasteiger partial charge in [-0.2, -0.15) is 0 Å². The van der Waals surface area contributed by atoms with Crippen molar-refractivity contribution >= 4 is 39.8 Å². The zero-order valence-electron chi connectivity index (χ0n) is 21.4. The molecule has 0 bridgehead atoms. The molecule has 1 aromatic rings. The van der Waals surface area contributed by atoms with Crippen LogP contribution in [-0.2, 0) is 25.8 Å². The van der Waals surface area contributed by atoms with Crippen LogP contribution < -0.4 is 10.1 Å². The highest BCUT2D eigenvalue weighted by molar-refractivity contribution is 8.13. The molecule has 6 nitrogen and oxygen atoms in total. The van der Waals surface area contributed by atoms with Crippen molar-refractivity contribution in [2.24, 2.45) is 10.8 Å². The molecule has 0 aliphatic rings. The number of alkyl carbamates (subject to hydrolysis) is 1. The lowest BCUT2D eigenvalue weighted by atomic mass is 9.99. The third kappa shape index (κ3) is 11.8. The van der Waals surface area contributed by atoms with Gasteiger partial charge in [-0.05, 0) is 44.0 Å². The number of benzene rings is 1. The minimum absolute atomic E-state index is 0.111. The van der Waals surface area contributed by atoms with E-state index in [-0.39, 0.29) is 16.8 Å². The number of carbonyl (C=O) groups is 3. The second-order valence-electron chi connectivity index (χ2n) is 10.9. The van der Waals surface area contributed by atoms with Crippen LogP contribution >= 0.6 is 23.5 Å². The Hall–Kier alpha value is -1.67. The quantitative estimate of drug-likeness (QED) is 0.428. The van der Waals surface area contributed by atoms with Gasteiger partial charge in [0.05, 0.1) is 6.54 Å². The van der Waals surface area contributed by atoms with Gasteiger partial charge >= 0.3 is 6.09 Å². The fraction of sp³-hybridized carbons (Fsp3) is 0.640. The first kappa shape index (κ1) is 29.4. The number of rotatable bonds is 8. The lowest BCUT2D eigenvalue weighted by Gasteiger charge is -2.20. The van der Waals surface area contributed by atoms with Crippen LogP contribution in [0.25, 0.3) is 0 Å². The van der Waals surface area contributed by atoms with Gasteiger partial charge in [-0.3, -0.25) is 9.59 Å². The molecule has 0 spiro atoms. The van der Waals surface area contributed by atoms with Gasteiger partial charge in [0.2, 0.25) is 0 Å². The standard InChI is InChI=1S/C25H39NO5S2/c1-23(2,3)20(27)32-15-17-10-11-19(14-18(17)16-33-21(28)24(4,5)6)30-13-12-26-22(29)31-25(7,8)9/h10-11,14H,12-13,15-16H2,1-9H3,(H,26,29). The molecule has 0 saturated heterocycles. The molecule has 8 heteroatoms. The van der Waals surface area contributed by atoms with Crippen molar-refractivity contribution in [1.82, 2.24) is 5.32 Å². The molecule has 0 aliphatic heterocycles. The van der Waals surface area contributed by atoms with Gasteiger partial charge in [0.15, 0.2) is 10.2 Å². The van der Waals surface area contributed by atoms with Crippen molar-refractivity contribution in [2.75, 3.05) is 13.2 Å². The monoisotopic (exact) mass is 497 g/mol. The number of carbonyl (C=O) groups excluding carboxylic acids is 3. The number of thioether (sulfide) groups is 2. The van der Waals surface area contributed by atoms with Crippen molar-refractivity contribution in [1.29, 1.82) is 0 Å². The van der Waals surface area contributed by atoms with Gasteiger partial charge in [-0.25, -0.2) is 4.79 Å². The Bertz CT molecular complexity index is 833. The Balaban J connectivity index is 2.82. The van der Waals surface area contributed by atoms with Crippen LogP contribution in [-0.4, -0.2) is 35.1 Å². The van der Waals surface area contributed by atoms with Gasteiger partial charge in [-0.1, -0.05) is 71.1 Å². The second kappa shape index (κ2) is 12.2. The van der Waals surface area contributed by atoms with Crippen molar-refractivity contribution in [3.8, 4) is 5.75 Å². The van der Waals surface area contributed by atoms with E-state index in [0.29, 0.717) is 23.8 Å². The second-order valence-corrected chi connectivity index (χ2v) is 12.8. The lowest BCUT2D eigenvalue weighted by Crippen LogP contribution is -2.34. The SMILES string of the molecule is CC(C)(C)OC(=O)NCCOc1ccc(CSC(=O)C(C)(C)C)c(CSC(=O)C(C)(C)C)c1. The van der Waals surface area contributed by atoms with E-state index >= 15 is 0 Å². The Morgan fingerprint density at radius 1 is 0.818 bits per heavy atom. The van der Waals surface area contributed by atoms with E-state index in [1.807, 2.05) is 80.5 Å². The summed E-state index contributed by atoms with van der Waals surface area (Å²) in [5.74, 6) is 1.69. The zero-order valence-corrected chi connectivity index (χ0v) is 23.1. The Kier molecular flexibility index (Phi) is 10.8. The number of amides is 1. The Morgan fingerprint density at radius 2 is 1.33 bits per heavy atom. The van der Waals surface area contributed by atoms with Gasteiger partial charge < -0.3 is 14.8 Å². The van der Waals surface area contributed by atoms with Crippen molar-refractivity contribution in [2.45, 2.75) is 79.4 Å². The molecule has 0 fully saturated rings. The highest BCUT2D eigenvalue weighted by atomic mass is 32.2. The molecule has 0 aliphatic carbocycles. The number of hydrogen-bond acceptors (Lipinski definition) is 7. The van der Waals surface area contributed by atoms with E-state index in [2.05, 4.69) is 5.32 Å². The molecular weight excluding hydrogens is 458 g/mol. The van der Waals surface area contributed by atoms with E-state index in [0.717, 1.165) is 11.1 Å². The van der Waals surface area contributed by atoms with E-state index in [1.165, 1.54) is 23.5 Å². The molecule has 0 unspecified atom stereocenters. The molecule has 0 aromatic heterocycles. The third-order valence-electron chi connectivity index (χ3n) is 4.16. The molecule has 1 N–H and O–H groups in total. The minimum atomic E-state index is -0.551. The first-order valence-corrected chi connectivity index (χ1v) is 13.0. The lowest BCUT2D eigenvalue weighted by molar-refractivity contribution is -0.118. The van der Waals surface area contributed by atoms with Gasteiger partial charge in [0, 0.05) is 22.3 Å². The van der Waals surface area contributed by atoms with Crippen LogP contribution in [0, 0.1) is 10.8 Å². The van der Waals surface area contributed by atoms with E-state index < -0.39 is 22.5 Å². The largest absolute Gasteiger partial charge is 0.492 e. The molecule has 0 radical (unpaired) electrons. The Labute approximate surface area is 207 Å². The summed E-state index contributed by atoms with van der Waals surface area (Å²) in [7, 11) is 0. The number of hydrogen-bond donors (Lipinski definition) is 1. The summed E-state index contributed by atoms with van der Waals surface area (Å²) in [6.07, 6.45) is -0.486. The smallest absolute Gasteiger partial charge is 0.407 e. The zero-order chi connectivity index (χ0) is 25.4. The van der Waals surface area contributed by atoms with Crippen LogP contribution in [0.3, 0.4) is 0 Å². The molecule has 1 rings (SSSR count).